The summed E-state index contributed by atoms with van der Waals surface area (Å²) >= 11 is 0. The van der Waals surface area contributed by atoms with Crippen molar-refractivity contribution in [2.45, 2.75) is 0 Å². The smallest absolute Gasteiger partial charge is 0.138 e. The third-order valence-corrected chi connectivity index (χ3v) is 7.71. The standard InChI is InChI=1S/C36H22N4O4/c1-5-28(41-13-1)26-19-25-18-23-10-9-21(37-23)17-22-11-12-24(38-22)20-27-32(29-6-2-14-42-29)33(30-7-3-15-43-30)36(40-27)34(35(26)39-25)31-8-4-16-44-31/h1-20,37,40H. The summed E-state index contributed by atoms with van der Waals surface area (Å²) in [4.78, 5) is 17.2. The summed E-state index contributed by atoms with van der Waals surface area (Å²) in [5.41, 5.74) is 9.66. The van der Waals surface area contributed by atoms with E-state index in [1.807, 2.05) is 97.1 Å². The maximum Gasteiger partial charge on any atom is 0.138 e. The maximum atomic E-state index is 6.11. The fourth-order valence-electron chi connectivity index (χ4n) is 5.88. The fourth-order valence-corrected chi connectivity index (χ4v) is 5.88. The van der Waals surface area contributed by atoms with E-state index in [1.54, 1.807) is 25.1 Å². The van der Waals surface area contributed by atoms with Gasteiger partial charge in [-0.3, -0.25) is 0 Å². The summed E-state index contributed by atoms with van der Waals surface area (Å²) in [5, 5.41) is 0. The van der Waals surface area contributed by atoms with E-state index in [1.165, 1.54) is 0 Å². The lowest BCUT2D eigenvalue weighted by atomic mass is 9.98. The molecule has 9 heterocycles. The van der Waals surface area contributed by atoms with E-state index in [0.717, 1.165) is 61.4 Å². The van der Waals surface area contributed by atoms with E-state index in [9.17, 15) is 0 Å². The molecule has 0 aromatic carbocycles. The van der Waals surface area contributed by atoms with E-state index in [-0.39, 0.29) is 0 Å². The molecule has 0 saturated carbocycles. The summed E-state index contributed by atoms with van der Waals surface area (Å²) in [6.07, 6.45) is 12.7. The molecule has 44 heavy (non-hydrogen) atoms. The molecule has 0 fully saturated rings. The predicted octanol–water partition coefficient (Wildman–Crippen LogP) is 9.45. The Morgan fingerprint density at radius 2 is 1.07 bits per heavy atom. The maximum absolute atomic E-state index is 6.11. The molecule has 8 bridgehead atoms. The van der Waals surface area contributed by atoms with Gasteiger partial charge in [0.05, 0.1) is 75.6 Å². The zero-order valence-corrected chi connectivity index (χ0v) is 23.1. The van der Waals surface area contributed by atoms with Crippen molar-refractivity contribution >= 4 is 45.9 Å². The molecule has 0 amide bonds. The molecule has 0 saturated heterocycles. The van der Waals surface area contributed by atoms with Gasteiger partial charge in [0.15, 0.2) is 0 Å². The van der Waals surface area contributed by atoms with Gasteiger partial charge in [-0.25, -0.2) is 9.97 Å². The zero-order chi connectivity index (χ0) is 29.0. The highest BCUT2D eigenvalue weighted by Gasteiger charge is 2.27. The number of hydrogen-bond acceptors (Lipinski definition) is 6. The molecule has 7 aromatic rings. The van der Waals surface area contributed by atoms with Crippen LogP contribution in [-0.4, -0.2) is 19.9 Å². The van der Waals surface area contributed by atoms with Crippen LogP contribution in [-0.2, 0) is 0 Å². The number of aromatic nitrogens is 4. The van der Waals surface area contributed by atoms with Crippen LogP contribution in [0.15, 0.2) is 122 Å². The molecule has 2 aliphatic heterocycles. The average molecular weight is 575 g/mol. The van der Waals surface area contributed by atoms with Crippen LogP contribution in [0, 0.1) is 0 Å². The fraction of sp³-hybridized carbons (Fsp3) is 0. The molecule has 8 heteroatoms. The molecular formula is C36H22N4O4. The Morgan fingerprint density at radius 1 is 0.500 bits per heavy atom. The van der Waals surface area contributed by atoms with E-state index >= 15 is 0 Å². The molecule has 0 aliphatic carbocycles. The van der Waals surface area contributed by atoms with Crippen molar-refractivity contribution in [1.82, 2.24) is 19.9 Å². The second kappa shape index (κ2) is 9.64. The first-order valence-corrected chi connectivity index (χ1v) is 14.1. The van der Waals surface area contributed by atoms with Crippen LogP contribution >= 0.6 is 0 Å². The van der Waals surface area contributed by atoms with Crippen LogP contribution in [0.2, 0.25) is 0 Å². The Labute approximate surface area is 249 Å². The summed E-state index contributed by atoms with van der Waals surface area (Å²) < 4.78 is 24.1. The van der Waals surface area contributed by atoms with Crippen LogP contribution in [0.25, 0.3) is 79.8 Å². The number of nitrogens with zero attached hydrogens (tertiary/aromatic N) is 2. The van der Waals surface area contributed by atoms with E-state index in [2.05, 4.69) is 9.97 Å². The Hall–Kier alpha value is -6.28. The largest absolute Gasteiger partial charge is 0.464 e. The Bertz CT molecular complexity index is 2370. The molecule has 8 nitrogen and oxygen atoms in total. The van der Waals surface area contributed by atoms with E-state index in [4.69, 9.17) is 27.6 Å². The SMILES string of the molecule is C1=Cc2cc3[nH]c(c(-c4ccco4)c4nc(cc5ccc(cc1n2)[nH]5)C=C4c1ccco1)c(-c1ccco1)c3-c1ccco1. The van der Waals surface area contributed by atoms with Gasteiger partial charge in [0, 0.05) is 16.6 Å². The Kier molecular flexibility index (Phi) is 5.33. The number of aromatic amines is 2. The Balaban J connectivity index is 1.53. The number of furan rings is 4. The lowest BCUT2D eigenvalue weighted by Gasteiger charge is -2.07. The monoisotopic (exact) mass is 574 g/mol. The van der Waals surface area contributed by atoms with Crippen LogP contribution in [0.5, 0.6) is 0 Å². The van der Waals surface area contributed by atoms with Crippen molar-refractivity contribution in [1.29, 1.82) is 0 Å². The van der Waals surface area contributed by atoms with Gasteiger partial charge in [-0.1, -0.05) is 0 Å². The first kappa shape index (κ1) is 24.3. The third-order valence-electron chi connectivity index (χ3n) is 7.71. The molecule has 210 valence electrons. The molecular weight excluding hydrogens is 552 g/mol. The van der Waals surface area contributed by atoms with Crippen molar-refractivity contribution < 1.29 is 17.7 Å². The number of H-pyrrole nitrogens is 2. The van der Waals surface area contributed by atoms with E-state index in [0.29, 0.717) is 28.7 Å². The lowest BCUT2D eigenvalue weighted by molar-refractivity contribution is 0.554. The zero-order valence-electron chi connectivity index (χ0n) is 23.1. The number of hydrogen-bond donors (Lipinski definition) is 2. The molecule has 2 aliphatic rings. The highest BCUT2D eigenvalue weighted by molar-refractivity contribution is 6.08. The molecule has 0 radical (unpaired) electrons. The second-order valence-electron chi connectivity index (χ2n) is 10.5. The first-order valence-electron chi connectivity index (χ1n) is 14.1. The van der Waals surface area contributed by atoms with Crippen molar-refractivity contribution in [2.75, 3.05) is 0 Å². The highest BCUT2D eigenvalue weighted by Crippen LogP contribution is 2.46. The lowest BCUT2D eigenvalue weighted by Crippen LogP contribution is -1.91. The minimum atomic E-state index is 0.626. The Morgan fingerprint density at radius 3 is 1.70 bits per heavy atom. The molecule has 0 unspecified atom stereocenters. The van der Waals surface area contributed by atoms with Crippen LogP contribution in [0.1, 0.15) is 28.5 Å². The van der Waals surface area contributed by atoms with Gasteiger partial charge < -0.3 is 27.6 Å². The van der Waals surface area contributed by atoms with Gasteiger partial charge in [-0.15, -0.1) is 0 Å². The van der Waals surface area contributed by atoms with Crippen molar-refractivity contribution in [3.05, 3.63) is 132 Å². The van der Waals surface area contributed by atoms with Gasteiger partial charge in [0.1, 0.15) is 23.0 Å². The quantitative estimate of drug-likeness (QED) is 0.217. The number of fused-ring (bicyclic) bond motifs is 8. The minimum Gasteiger partial charge on any atom is -0.464 e. The molecule has 9 rings (SSSR count). The molecule has 7 aromatic heterocycles. The van der Waals surface area contributed by atoms with Crippen molar-refractivity contribution in [2.24, 2.45) is 0 Å². The predicted molar refractivity (Wildman–Crippen MR) is 169 cm³/mol. The first-order chi connectivity index (χ1) is 21.8. The van der Waals surface area contributed by atoms with Crippen molar-refractivity contribution in [3.8, 4) is 34.0 Å². The van der Waals surface area contributed by atoms with E-state index < -0.39 is 0 Å². The number of rotatable bonds is 4. The summed E-state index contributed by atoms with van der Waals surface area (Å²) in [6, 6.07) is 25.3. The van der Waals surface area contributed by atoms with Crippen LogP contribution in [0.4, 0.5) is 0 Å². The summed E-state index contributed by atoms with van der Waals surface area (Å²) in [6.45, 7) is 0. The van der Waals surface area contributed by atoms with Crippen LogP contribution in [0.3, 0.4) is 0 Å². The highest BCUT2D eigenvalue weighted by atomic mass is 16.3. The third kappa shape index (κ3) is 4.00. The summed E-state index contributed by atoms with van der Waals surface area (Å²) in [7, 11) is 0. The normalized spacial score (nSPS) is 12.6. The minimum absolute atomic E-state index is 0.626. The second-order valence-corrected chi connectivity index (χ2v) is 10.5. The van der Waals surface area contributed by atoms with Crippen molar-refractivity contribution in [3.63, 3.8) is 0 Å². The molecule has 0 spiro atoms. The topological polar surface area (TPSA) is 110 Å². The van der Waals surface area contributed by atoms with Gasteiger partial charge in [0.25, 0.3) is 0 Å². The number of nitrogens with one attached hydrogen (secondary N) is 2. The van der Waals surface area contributed by atoms with Gasteiger partial charge in [0.2, 0.25) is 0 Å². The van der Waals surface area contributed by atoms with Crippen LogP contribution < -0.4 is 0 Å². The average Bonchev–Trinajstić information content (AvgIpc) is 3.87. The summed E-state index contributed by atoms with van der Waals surface area (Å²) in [5.74, 6) is 2.65. The van der Waals surface area contributed by atoms with Gasteiger partial charge >= 0.3 is 0 Å². The molecule has 0 atom stereocenters. The van der Waals surface area contributed by atoms with Gasteiger partial charge in [-0.2, -0.15) is 0 Å². The van der Waals surface area contributed by atoms with Gasteiger partial charge in [-0.05, 0) is 97.1 Å². The molecule has 2 N–H and O–H groups in total.